The molecule has 0 atom stereocenters. The lowest BCUT2D eigenvalue weighted by atomic mass is 10.1. The first-order chi connectivity index (χ1) is 7.09. The Hall–Kier alpha value is -1.64. The molecule has 1 aromatic heterocycles. The van der Waals surface area contributed by atoms with Crippen molar-refractivity contribution in [2.75, 3.05) is 6.54 Å². The molecule has 80 valence electrons. The topological polar surface area (TPSA) is 42.0 Å². The van der Waals surface area contributed by atoms with Gasteiger partial charge in [-0.05, 0) is 31.1 Å². The maximum atomic E-state index is 10.6. The maximum Gasteiger partial charge on any atom is 0.217 e. The number of nitrogens with one attached hydrogen (secondary N) is 1. The van der Waals surface area contributed by atoms with Crippen LogP contribution in [0.25, 0.3) is 6.08 Å². The molecule has 1 N–H and O–H groups in total. The first-order valence-corrected chi connectivity index (χ1v) is 4.94. The highest BCUT2D eigenvalue weighted by atomic mass is 16.1. The highest BCUT2D eigenvalue weighted by Crippen LogP contribution is 2.08. The third-order valence-corrected chi connectivity index (χ3v) is 2.00. The summed E-state index contributed by atoms with van der Waals surface area (Å²) in [4.78, 5) is 14.9. The quantitative estimate of drug-likeness (QED) is 0.816. The van der Waals surface area contributed by atoms with Gasteiger partial charge in [0.1, 0.15) is 0 Å². The van der Waals surface area contributed by atoms with E-state index >= 15 is 0 Å². The van der Waals surface area contributed by atoms with Crippen LogP contribution in [0.4, 0.5) is 0 Å². The molecular formula is C12H16N2O. The molecule has 1 aromatic rings. The van der Waals surface area contributed by atoms with E-state index in [1.54, 1.807) is 0 Å². The van der Waals surface area contributed by atoms with Gasteiger partial charge in [0, 0.05) is 19.7 Å². The molecule has 0 spiro atoms. The van der Waals surface area contributed by atoms with E-state index in [9.17, 15) is 4.79 Å². The summed E-state index contributed by atoms with van der Waals surface area (Å²) >= 11 is 0. The number of amides is 1. The lowest BCUT2D eigenvalue weighted by Gasteiger charge is -2.00. The summed E-state index contributed by atoms with van der Waals surface area (Å²) < 4.78 is 0. The molecule has 0 saturated carbocycles. The Labute approximate surface area is 90.2 Å². The Morgan fingerprint density at radius 1 is 1.53 bits per heavy atom. The molecule has 0 unspecified atom stereocenters. The Balaban J connectivity index is 2.60. The van der Waals surface area contributed by atoms with Gasteiger partial charge in [-0.3, -0.25) is 9.78 Å². The van der Waals surface area contributed by atoms with Crippen molar-refractivity contribution in [2.24, 2.45) is 0 Å². The van der Waals surface area contributed by atoms with Crippen LogP contribution in [0, 0.1) is 13.8 Å². The van der Waals surface area contributed by atoms with Crippen molar-refractivity contribution in [3.05, 3.63) is 35.2 Å². The molecule has 3 nitrogen and oxygen atoms in total. The number of hydrogen-bond donors (Lipinski definition) is 1. The predicted molar refractivity (Wildman–Crippen MR) is 61.4 cm³/mol. The van der Waals surface area contributed by atoms with Gasteiger partial charge >= 0.3 is 0 Å². The highest BCUT2D eigenvalue weighted by Gasteiger charge is 1.95. The number of carbonyl (C=O) groups is 1. The molecule has 0 aliphatic rings. The fourth-order valence-corrected chi connectivity index (χ4v) is 1.27. The first kappa shape index (κ1) is 11.4. The van der Waals surface area contributed by atoms with Gasteiger partial charge in [-0.1, -0.05) is 12.1 Å². The zero-order chi connectivity index (χ0) is 11.3. The van der Waals surface area contributed by atoms with E-state index < -0.39 is 0 Å². The van der Waals surface area contributed by atoms with Crippen LogP contribution in [0.1, 0.15) is 23.7 Å². The molecule has 0 saturated heterocycles. The van der Waals surface area contributed by atoms with E-state index in [0.717, 1.165) is 16.8 Å². The summed E-state index contributed by atoms with van der Waals surface area (Å²) in [7, 11) is 0. The van der Waals surface area contributed by atoms with Gasteiger partial charge in [-0.2, -0.15) is 0 Å². The summed E-state index contributed by atoms with van der Waals surface area (Å²) in [6, 6.07) is 2.09. The number of nitrogens with zero attached hydrogens (tertiary/aromatic N) is 1. The molecule has 1 amide bonds. The smallest absolute Gasteiger partial charge is 0.217 e. The number of pyridine rings is 1. The molecule has 1 heterocycles. The van der Waals surface area contributed by atoms with E-state index in [4.69, 9.17) is 0 Å². The average molecular weight is 204 g/mol. The second-order valence-corrected chi connectivity index (χ2v) is 3.55. The number of rotatable bonds is 3. The number of carbonyl (C=O) groups excluding carboxylic acids is 1. The van der Waals surface area contributed by atoms with Crippen molar-refractivity contribution in [1.29, 1.82) is 0 Å². The van der Waals surface area contributed by atoms with Gasteiger partial charge in [0.15, 0.2) is 0 Å². The molecule has 0 radical (unpaired) electrons. The molecule has 0 aliphatic carbocycles. The lowest BCUT2D eigenvalue weighted by Crippen LogP contribution is -2.19. The predicted octanol–water partition coefficient (Wildman–Crippen LogP) is 1.85. The van der Waals surface area contributed by atoms with Crippen LogP contribution in [0.2, 0.25) is 0 Å². The Kier molecular flexibility index (Phi) is 4.03. The fraction of sp³-hybridized carbons (Fsp3) is 0.333. The van der Waals surface area contributed by atoms with Crippen LogP contribution in [0.15, 0.2) is 18.3 Å². The van der Waals surface area contributed by atoms with Crippen LogP contribution < -0.4 is 5.32 Å². The fourth-order valence-electron chi connectivity index (χ4n) is 1.27. The van der Waals surface area contributed by atoms with Crippen molar-refractivity contribution in [3.63, 3.8) is 0 Å². The summed E-state index contributed by atoms with van der Waals surface area (Å²) in [5.74, 6) is -0.0202. The van der Waals surface area contributed by atoms with Gasteiger partial charge < -0.3 is 5.32 Å². The van der Waals surface area contributed by atoms with Crippen LogP contribution >= 0.6 is 0 Å². The maximum absolute atomic E-state index is 10.6. The van der Waals surface area contributed by atoms with Crippen LogP contribution in [-0.2, 0) is 4.79 Å². The van der Waals surface area contributed by atoms with E-state index in [1.165, 1.54) is 6.92 Å². The Morgan fingerprint density at radius 2 is 2.27 bits per heavy atom. The Morgan fingerprint density at radius 3 is 2.87 bits per heavy atom. The Bertz CT molecular complexity index is 383. The number of aromatic nitrogens is 1. The van der Waals surface area contributed by atoms with Crippen LogP contribution in [-0.4, -0.2) is 17.4 Å². The van der Waals surface area contributed by atoms with Crippen molar-refractivity contribution in [3.8, 4) is 0 Å². The monoisotopic (exact) mass is 204 g/mol. The van der Waals surface area contributed by atoms with E-state index in [0.29, 0.717) is 6.54 Å². The second kappa shape index (κ2) is 5.29. The van der Waals surface area contributed by atoms with Gasteiger partial charge in [-0.25, -0.2) is 0 Å². The minimum Gasteiger partial charge on any atom is -0.353 e. The molecule has 3 heteroatoms. The minimum atomic E-state index is -0.0202. The second-order valence-electron chi connectivity index (χ2n) is 3.55. The van der Waals surface area contributed by atoms with Crippen molar-refractivity contribution >= 4 is 12.0 Å². The van der Waals surface area contributed by atoms with E-state index in [1.807, 2.05) is 32.2 Å². The largest absolute Gasteiger partial charge is 0.353 e. The molecule has 1 rings (SSSR count). The molecule has 0 bridgehead atoms. The molecule has 0 aliphatic heterocycles. The average Bonchev–Trinajstić information content (AvgIpc) is 2.14. The number of aryl methyl sites for hydroxylation is 2. The third-order valence-electron chi connectivity index (χ3n) is 2.00. The van der Waals surface area contributed by atoms with Crippen molar-refractivity contribution in [2.45, 2.75) is 20.8 Å². The molecular weight excluding hydrogens is 188 g/mol. The lowest BCUT2D eigenvalue weighted by molar-refractivity contribution is -0.118. The van der Waals surface area contributed by atoms with Crippen LogP contribution in [0.3, 0.4) is 0 Å². The first-order valence-electron chi connectivity index (χ1n) is 4.94. The van der Waals surface area contributed by atoms with E-state index in [2.05, 4.69) is 16.4 Å². The molecule has 0 fully saturated rings. The third kappa shape index (κ3) is 3.94. The summed E-state index contributed by atoms with van der Waals surface area (Å²) in [6.45, 7) is 6.09. The van der Waals surface area contributed by atoms with E-state index in [-0.39, 0.29) is 5.91 Å². The SMILES string of the molecule is CC(=O)NCC=Cc1ncc(C)cc1C. The van der Waals surface area contributed by atoms with Gasteiger partial charge in [0.2, 0.25) is 5.91 Å². The van der Waals surface area contributed by atoms with Gasteiger partial charge in [-0.15, -0.1) is 0 Å². The van der Waals surface area contributed by atoms with Gasteiger partial charge in [0.25, 0.3) is 0 Å². The van der Waals surface area contributed by atoms with Crippen molar-refractivity contribution in [1.82, 2.24) is 10.3 Å². The van der Waals surface area contributed by atoms with Crippen LogP contribution in [0.5, 0.6) is 0 Å². The number of hydrogen-bond acceptors (Lipinski definition) is 2. The van der Waals surface area contributed by atoms with Gasteiger partial charge in [0.05, 0.1) is 5.69 Å². The zero-order valence-electron chi connectivity index (χ0n) is 9.37. The molecule has 0 aromatic carbocycles. The molecule has 15 heavy (non-hydrogen) atoms. The summed E-state index contributed by atoms with van der Waals surface area (Å²) in [6.07, 6.45) is 5.65. The summed E-state index contributed by atoms with van der Waals surface area (Å²) in [5.41, 5.74) is 3.26. The summed E-state index contributed by atoms with van der Waals surface area (Å²) in [5, 5.41) is 2.69. The normalized spacial score (nSPS) is 10.6. The zero-order valence-corrected chi connectivity index (χ0v) is 9.37. The minimum absolute atomic E-state index is 0.0202. The standard InChI is InChI=1S/C12H16N2O/c1-9-7-10(2)12(14-8-9)5-4-6-13-11(3)15/h4-5,7-8H,6H2,1-3H3,(H,13,15). The van der Waals surface area contributed by atoms with Crippen molar-refractivity contribution < 1.29 is 4.79 Å². The highest BCUT2D eigenvalue weighted by molar-refractivity contribution is 5.73.